The first-order valence-corrected chi connectivity index (χ1v) is 5.00. The van der Waals surface area contributed by atoms with Gasteiger partial charge in [-0.1, -0.05) is 0 Å². The summed E-state index contributed by atoms with van der Waals surface area (Å²) in [4.78, 5) is 23.4. The van der Waals surface area contributed by atoms with Crippen LogP contribution in [-0.4, -0.2) is 20.9 Å². The lowest BCUT2D eigenvalue weighted by molar-refractivity contribution is 0.0945. The normalized spacial score (nSPS) is 9.88. The van der Waals surface area contributed by atoms with Gasteiger partial charge in [0.2, 0.25) is 0 Å². The van der Waals surface area contributed by atoms with E-state index in [1.165, 1.54) is 18.6 Å². The Morgan fingerprint density at radius 3 is 2.88 bits per heavy atom. The number of nitrogens with one attached hydrogen (secondary N) is 1. The molecular weight excluding hydrogens is 218 g/mol. The van der Waals surface area contributed by atoms with Crippen molar-refractivity contribution >= 4 is 11.6 Å². The fourth-order valence-electron chi connectivity index (χ4n) is 1.26. The summed E-state index contributed by atoms with van der Waals surface area (Å²) in [5.41, 5.74) is 7.09. The van der Waals surface area contributed by atoms with Gasteiger partial charge in [0.1, 0.15) is 12.0 Å². The van der Waals surface area contributed by atoms with Crippen LogP contribution in [0.25, 0.3) is 0 Å². The van der Waals surface area contributed by atoms with Gasteiger partial charge >= 0.3 is 0 Å². The predicted octanol–water partition coefficient (Wildman–Crippen LogP) is 0.384. The number of nitrogen functional groups attached to an aromatic ring is 1. The van der Waals surface area contributed by atoms with Crippen molar-refractivity contribution in [3.8, 4) is 0 Å². The van der Waals surface area contributed by atoms with Crippen LogP contribution < -0.4 is 11.1 Å². The van der Waals surface area contributed by atoms with Crippen LogP contribution in [0.3, 0.4) is 0 Å². The average Bonchev–Trinajstić information content (AvgIpc) is 2.37. The van der Waals surface area contributed by atoms with Gasteiger partial charge in [0.15, 0.2) is 0 Å². The molecule has 17 heavy (non-hydrogen) atoms. The number of nitrogens with zero attached hydrogens (tertiary/aromatic N) is 3. The van der Waals surface area contributed by atoms with Crippen LogP contribution in [0.4, 0.5) is 5.69 Å². The maximum absolute atomic E-state index is 11.7. The van der Waals surface area contributed by atoms with E-state index in [-0.39, 0.29) is 5.91 Å². The highest BCUT2D eigenvalue weighted by Gasteiger charge is 2.06. The van der Waals surface area contributed by atoms with E-state index in [0.717, 1.165) is 5.69 Å². The molecule has 0 spiro atoms. The molecule has 86 valence electrons. The molecule has 2 aromatic heterocycles. The number of anilines is 1. The Bertz CT molecular complexity index is 514. The molecule has 0 fully saturated rings. The molecule has 0 aliphatic rings. The molecule has 6 heteroatoms. The Balaban J connectivity index is 1.98. The predicted molar refractivity (Wildman–Crippen MR) is 61.9 cm³/mol. The van der Waals surface area contributed by atoms with Gasteiger partial charge in [0.05, 0.1) is 12.2 Å². The zero-order valence-corrected chi connectivity index (χ0v) is 9.00. The molecule has 1 amide bonds. The quantitative estimate of drug-likeness (QED) is 0.793. The van der Waals surface area contributed by atoms with E-state index in [1.807, 2.05) is 0 Å². The lowest BCUT2D eigenvalue weighted by Crippen LogP contribution is -2.24. The van der Waals surface area contributed by atoms with E-state index in [1.54, 1.807) is 18.3 Å². The number of carbonyl (C=O) groups excluding carboxylic acids is 1. The van der Waals surface area contributed by atoms with Crippen molar-refractivity contribution in [2.75, 3.05) is 5.73 Å². The minimum atomic E-state index is -0.282. The van der Waals surface area contributed by atoms with Gasteiger partial charge in [-0.2, -0.15) is 0 Å². The van der Waals surface area contributed by atoms with Crippen molar-refractivity contribution in [2.45, 2.75) is 6.54 Å². The molecular formula is C11H11N5O. The fraction of sp³-hybridized carbons (Fsp3) is 0.0909. The van der Waals surface area contributed by atoms with Crippen LogP contribution in [0, 0.1) is 0 Å². The third-order valence-corrected chi connectivity index (χ3v) is 2.09. The van der Waals surface area contributed by atoms with Crippen molar-refractivity contribution in [1.82, 2.24) is 20.3 Å². The first kappa shape index (κ1) is 11.0. The highest BCUT2D eigenvalue weighted by molar-refractivity contribution is 5.92. The van der Waals surface area contributed by atoms with Crippen LogP contribution in [0.2, 0.25) is 0 Å². The fourth-order valence-corrected chi connectivity index (χ4v) is 1.26. The van der Waals surface area contributed by atoms with Crippen molar-refractivity contribution in [2.24, 2.45) is 0 Å². The highest BCUT2D eigenvalue weighted by atomic mass is 16.1. The first-order valence-electron chi connectivity index (χ1n) is 5.00. The molecule has 0 saturated carbocycles. The molecule has 2 heterocycles. The molecule has 3 N–H and O–H groups in total. The van der Waals surface area contributed by atoms with Crippen LogP contribution in [0.15, 0.2) is 36.9 Å². The SMILES string of the molecule is Nc1ccnc(C(=O)NCc2ccncn2)c1. The van der Waals surface area contributed by atoms with Crippen LogP contribution in [-0.2, 0) is 6.54 Å². The second-order valence-corrected chi connectivity index (χ2v) is 3.36. The number of aromatic nitrogens is 3. The van der Waals surface area contributed by atoms with Gasteiger partial charge in [-0.15, -0.1) is 0 Å². The molecule has 0 aromatic carbocycles. The Labute approximate surface area is 97.9 Å². The number of hydrogen-bond acceptors (Lipinski definition) is 5. The Hall–Kier alpha value is -2.50. The molecule has 0 aliphatic heterocycles. The summed E-state index contributed by atoms with van der Waals surface area (Å²) in [6.45, 7) is 0.331. The number of hydrogen-bond donors (Lipinski definition) is 2. The molecule has 0 saturated heterocycles. The monoisotopic (exact) mass is 229 g/mol. The highest BCUT2D eigenvalue weighted by Crippen LogP contribution is 2.02. The van der Waals surface area contributed by atoms with Crippen molar-refractivity contribution in [3.05, 3.63) is 48.3 Å². The van der Waals surface area contributed by atoms with Crippen LogP contribution in [0.1, 0.15) is 16.2 Å². The second kappa shape index (κ2) is 5.02. The van der Waals surface area contributed by atoms with Gasteiger partial charge < -0.3 is 11.1 Å². The summed E-state index contributed by atoms with van der Waals surface area (Å²) in [6, 6.07) is 4.88. The lowest BCUT2D eigenvalue weighted by Gasteiger charge is -2.04. The van der Waals surface area contributed by atoms with Gasteiger partial charge in [-0.05, 0) is 18.2 Å². The third kappa shape index (κ3) is 2.97. The Kier molecular flexibility index (Phi) is 3.25. The number of rotatable bonds is 3. The number of pyridine rings is 1. The lowest BCUT2D eigenvalue weighted by atomic mass is 10.3. The summed E-state index contributed by atoms with van der Waals surface area (Å²) in [5.74, 6) is -0.282. The minimum Gasteiger partial charge on any atom is -0.399 e. The van der Waals surface area contributed by atoms with Crippen molar-refractivity contribution in [1.29, 1.82) is 0 Å². The molecule has 0 aliphatic carbocycles. The zero-order chi connectivity index (χ0) is 12.1. The van der Waals surface area contributed by atoms with E-state index < -0.39 is 0 Å². The Morgan fingerprint density at radius 1 is 1.29 bits per heavy atom. The number of carbonyl (C=O) groups is 1. The molecule has 6 nitrogen and oxygen atoms in total. The summed E-state index contributed by atoms with van der Waals surface area (Å²) >= 11 is 0. The average molecular weight is 229 g/mol. The van der Waals surface area contributed by atoms with E-state index in [4.69, 9.17) is 5.73 Å². The summed E-state index contributed by atoms with van der Waals surface area (Å²) < 4.78 is 0. The maximum atomic E-state index is 11.7. The van der Waals surface area contributed by atoms with Crippen LogP contribution in [0.5, 0.6) is 0 Å². The molecule has 0 atom stereocenters. The maximum Gasteiger partial charge on any atom is 0.270 e. The van der Waals surface area contributed by atoms with E-state index in [0.29, 0.717) is 17.9 Å². The van der Waals surface area contributed by atoms with E-state index in [9.17, 15) is 4.79 Å². The third-order valence-electron chi connectivity index (χ3n) is 2.09. The number of nitrogens with two attached hydrogens (primary N) is 1. The van der Waals surface area contributed by atoms with E-state index >= 15 is 0 Å². The molecule has 0 unspecified atom stereocenters. The smallest absolute Gasteiger partial charge is 0.270 e. The zero-order valence-electron chi connectivity index (χ0n) is 9.00. The van der Waals surface area contributed by atoms with E-state index in [2.05, 4.69) is 20.3 Å². The topological polar surface area (TPSA) is 93.8 Å². The second-order valence-electron chi connectivity index (χ2n) is 3.36. The van der Waals surface area contributed by atoms with Crippen molar-refractivity contribution < 1.29 is 4.79 Å². The summed E-state index contributed by atoms with van der Waals surface area (Å²) in [6.07, 6.45) is 4.54. The Morgan fingerprint density at radius 2 is 2.18 bits per heavy atom. The first-order chi connectivity index (χ1) is 8.25. The minimum absolute atomic E-state index is 0.282. The summed E-state index contributed by atoms with van der Waals surface area (Å²) in [7, 11) is 0. The molecule has 2 rings (SSSR count). The number of amides is 1. The van der Waals surface area contributed by atoms with Crippen molar-refractivity contribution in [3.63, 3.8) is 0 Å². The molecule has 0 radical (unpaired) electrons. The van der Waals surface area contributed by atoms with Gasteiger partial charge in [-0.3, -0.25) is 9.78 Å². The molecule has 0 bridgehead atoms. The van der Waals surface area contributed by atoms with Crippen LogP contribution >= 0.6 is 0 Å². The van der Waals surface area contributed by atoms with Gasteiger partial charge in [0, 0.05) is 18.1 Å². The van der Waals surface area contributed by atoms with Gasteiger partial charge in [0.25, 0.3) is 5.91 Å². The largest absolute Gasteiger partial charge is 0.399 e. The summed E-state index contributed by atoms with van der Waals surface area (Å²) in [5, 5.41) is 2.70. The molecule has 2 aromatic rings. The standard InChI is InChI=1S/C11H11N5O/c12-8-1-4-14-10(5-8)11(17)15-6-9-2-3-13-7-16-9/h1-5,7H,6H2,(H2,12,14)(H,15,17). The van der Waals surface area contributed by atoms with Gasteiger partial charge in [-0.25, -0.2) is 9.97 Å².